The number of alkyl halides is 1. The van der Waals surface area contributed by atoms with Crippen molar-refractivity contribution in [2.24, 2.45) is 0 Å². The van der Waals surface area contributed by atoms with Gasteiger partial charge in [-0.05, 0) is 33.6 Å². The summed E-state index contributed by atoms with van der Waals surface area (Å²) in [6.45, 7) is 2.66. The van der Waals surface area contributed by atoms with Gasteiger partial charge in [-0.2, -0.15) is 0 Å². The molecule has 1 aromatic carbocycles. The van der Waals surface area contributed by atoms with Gasteiger partial charge >= 0.3 is 0 Å². The molecule has 16 heavy (non-hydrogen) atoms. The van der Waals surface area contributed by atoms with E-state index in [4.69, 9.17) is 16.3 Å². The average molecular weight is 311 g/mol. The van der Waals surface area contributed by atoms with Crippen LogP contribution in [0.4, 0.5) is 4.39 Å². The van der Waals surface area contributed by atoms with Crippen LogP contribution >= 0.6 is 27.5 Å². The average Bonchev–Trinajstić information content (AvgIpc) is 2.28. The van der Waals surface area contributed by atoms with Crippen molar-refractivity contribution in [2.75, 3.05) is 25.6 Å². The fourth-order valence-electron chi connectivity index (χ4n) is 1.18. The topological polar surface area (TPSA) is 21.3 Å². The zero-order valence-electron chi connectivity index (χ0n) is 8.81. The molecule has 90 valence electrons. The lowest BCUT2D eigenvalue weighted by Crippen LogP contribution is -2.19. The summed E-state index contributed by atoms with van der Waals surface area (Å²) in [5.41, 5.74) is 1.03. The van der Waals surface area contributed by atoms with E-state index in [1.54, 1.807) is 12.1 Å². The second kappa shape index (κ2) is 8.01. The summed E-state index contributed by atoms with van der Waals surface area (Å²) < 4.78 is 18.6. The number of hydrogen-bond acceptors (Lipinski definition) is 2. The molecule has 2 nitrogen and oxygen atoms in total. The highest BCUT2D eigenvalue weighted by molar-refractivity contribution is 9.10. The molecule has 0 aliphatic rings. The molecule has 0 atom stereocenters. The molecule has 0 spiro atoms. The molecule has 0 aliphatic carbocycles. The molecular weight excluding hydrogens is 296 g/mol. The predicted octanol–water partition coefficient (Wildman–Crippen LogP) is 2.93. The summed E-state index contributed by atoms with van der Waals surface area (Å²) in [4.78, 5) is 0. The van der Waals surface area contributed by atoms with E-state index in [2.05, 4.69) is 21.2 Å². The monoisotopic (exact) mass is 309 g/mol. The highest BCUT2D eigenvalue weighted by atomic mass is 79.9. The van der Waals surface area contributed by atoms with E-state index in [0.29, 0.717) is 30.1 Å². The van der Waals surface area contributed by atoms with Crippen molar-refractivity contribution in [1.82, 2.24) is 5.32 Å². The van der Waals surface area contributed by atoms with Gasteiger partial charge < -0.3 is 10.1 Å². The maximum atomic E-state index is 12.9. The standard InChI is InChI=1S/C11H14BrClFNO/c12-10-7-9(1-2-11(10)14)8-15-4-6-16-5-3-13/h1-2,7,15H,3-6,8H2. The Kier molecular flexibility index (Phi) is 6.96. The molecule has 0 saturated carbocycles. The Hall–Kier alpha value is -0.160. The normalized spacial score (nSPS) is 10.7. The largest absolute Gasteiger partial charge is 0.379 e. The molecule has 0 aromatic heterocycles. The number of ether oxygens (including phenoxy) is 1. The summed E-state index contributed by atoms with van der Waals surface area (Å²) in [7, 11) is 0. The lowest BCUT2D eigenvalue weighted by Gasteiger charge is -2.06. The molecule has 1 rings (SSSR count). The molecular formula is C11H14BrClFNO. The molecule has 0 unspecified atom stereocenters. The summed E-state index contributed by atoms with van der Waals surface area (Å²) in [5, 5.41) is 3.20. The van der Waals surface area contributed by atoms with Gasteiger partial charge in [-0.1, -0.05) is 6.07 Å². The van der Waals surface area contributed by atoms with E-state index < -0.39 is 0 Å². The van der Waals surface area contributed by atoms with Crippen molar-refractivity contribution < 1.29 is 9.13 Å². The molecule has 1 aromatic rings. The SMILES string of the molecule is Fc1ccc(CNCCOCCCl)cc1Br. The van der Waals surface area contributed by atoms with Gasteiger partial charge in [-0.3, -0.25) is 0 Å². The molecule has 1 N–H and O–H groups in total. The number of hydrogen-bond donors (Lipinski definition) is 1. The van der Waals surface area contributed by atoms with Crippen molar-refractivity contribution in [3.63, 3.8) is 0 Å². The van der Waals surface area contributed by atoms with Gasteiger partial charge in [-0.25, -0.2) is 4.39 Å². The number of benzene rings is 1. The second-order valence-corrected chi connectivity index (χ2v) is 4.46. The maximum absolute atomic E-state index is 12.9. The highest BCUT2D eigenvalue weighted by Gasteiger charge is 1.99. The Labute approximate surface area is 108 Å². The lowest BCUT2D eigenvalue weighted by atomic mass is 10.2. The van der Waals surface area contributed by atoms with Gasteiger partial charge in [0.1, 0.15) is 5.82 Å². The fraction of sp³-hybridized carbons (Fsp3) is 0.455. The first-order chi connectivity index (χ1) is 7.74. The maximum Gasteiger partial charge on any atom is 0.137 e. The quantitative estimate of drug-likeness (QED) is 0.617. The van der Waals surface area contributed by atoms with Gasteiger partial charge in [0.25, 0.3) is 0 Å². The van der Waals surface area contributed by atoms with Crippen LogP contribution in [0.1, 0.15) is 5.56 Å². The van der Waals surface area contributed by atoms with Crippen LogP contribution in [-0.4, -0.2) is 25.6 Å². The molecule has 0 radical (unpaired) electrons. The van der Waals surface area contributed by atoms with Crippen LogP contribution in [0.2, 0.25) is 0 Å². The Balaban J connectivity index is 2.19. The third-order valence-corrected chi connectivity index (χ3v) is 2.72. The molecule has 0 saturated heterocycles. The van der Waals surface area contributed by atoms with E-state index in [1.165, 1.54) is 6.07 Å². The van der Waals surface area contributed by atoms with Gasteiger partial charge in [0, 0.05) is 19.0 Å². The molecule has 5 heteroatoms. The first-order valence-corrected chi connectivity index (χ1v) is 6.35. The summed E-state index contributed by atoms with van der Waals surface area (Å²) >= 11 is 8.60. The van der Waals surface area contributed by atoms with Crippen molar-refractivity contribution in [3.8, 4) is 0 Å². The van der Waals surface area contributed by atoms with E-state index in [1.807, 2.05) is 0 Å². The molecule has 0 heterocycles. The third-order valence-electron chi connectivity index (χ3n) is 1.96. The van der Waals surface area contributed by atoms with Gasteiger partial charge in [0.05, 0.1) is 17.7 Å². The minimum Gasteiger partial charge on any atom is -0.379 e. The molecule has 0 fully saturated rings. The minimum absolute atomic E-state index is 0.241. The first-order valence-electron chi connectivity index (χ1n) is 5.02. The van der Waals surface area contributed by atoms with Gasteiger partial charge in [0.2, 0.25) is 0 Å². The van der Waals surface area contributed by atoms with Crippen LogP contribution in [-0.2, 0) is 11.3 Å². The van der Waals surface area contributed by atoms with E-state index in [-0.39, 0.29) is 5.82 Å². The summed E-state index contributed by atoms with van der Waals surface area (Å²) in [5.74, 6) is 0.277. The van der Waals surface area contributed by atoms with E-state index >= 15 is 0 Å². The van der Waals surface area contributed by atoms with E-state index in [0.717, 1.165) is 12.1 Å². The van der Waals surface area contributed by atoms with Crippen molar-refractivity contribution in [2.45, 2.75) is 6.54 Å². The second-order valence-electron chi connectivity index (χ2n) is 3.23. The molecule has 0 bridgehead atoms. The zero-order chi connectivity index (χ0) is 11.8. The fourth-order valence-corrected chi connectivity index (χ4v) is 1.72. The molecule has 0 amide bonds. The summed E-state index contributed by atoms with van der Waals surface area (Å²) in [6, 6.07) is 4.97. The van der Waals surface area contributed by atoms with Crippen LogP contribution in [0, 0.1) is 5.82 Å². The Morgan fingerprint density at radius 2 is 2.19 bits per heavy atom. The summed E-state index contributed by atoms with van der Waals surface area (Å²) in [6.07, 6.45) is 0. The third kappa shape index (κ3) is 5.25. The van der Waals surface area contributed by atoms with Gasteiger partial charge in [-0.15, -0.1) is 11.6 Å². The van der Waals surface area contributed by atoms with E-state index in [9.17, 15) is 4.39 Å². The van der Waals surface area contributed by atoms with Gasteiger partial charge in [0.15, 0.2) is 0 Å². The predicted molar refractivity (Wildman–Crippen MR) is 67.3 cm³/mol. The first kappa shape index (κ1) is 13.9. The minimum atomic E-state index is -0.241. The smallest absolute Gasteiger partial charge is 0.137 e. The van der Waals surface area contributed by atoms with Crippen molar-refractivity contribution in [1.29, 1.82) is 0 Å². The molecule has 0 aliphatic heterocycles. The Bertz CT molecular complexity index is 325. The highest BCUT2D eigenvalue weighted by Crippen LogP contribution is 2.16. The van der Waals surface area contributed by atoms with Crippen LogP contribution in [0.15, 0.2) is 22.7 Å². The number of rotatable bonds is 7. The van der Waals surface area contributed by atoms with Crippen LogP contribution < -0.4 is 5.32 Å². The zero-order valence-corrected chi connectivity index (χ0v) is 11.2. The van der Waals surface area contributed by atoms with Crippen LogP contribution in [0.3, 0.4) is 0 Å². The van der Waals surface area contributed by atoms with Crippen molar-refractivity contribution in [3.05, 3.63) is 34.1 Å². The Morgan fingerprint density at radius 1 is 1.38 bits per heavy atom. The number of halogens is 3. The van der Waals surface area contributed by atoms with Crippen LogP contribution in [0.5, 0.6) is 0 Å². The van der Waals surface area contributed by atoms with Crippen LogP contribution in [0.25, 0.3) is 0 Å². The lowest BCUT2D eigenvalue weighted by molar-refractivity contribution is 0.151. The Morgan fingerprint density at radius 3 is 2.88 bits per heavy atom. The van der Waals surface area contributed by atoms with Crippen molar-refractivity contribution >= 4 is 27.5 Å². The number of nitrogens with one attached hydrogen (secondary N) is 1.